The van der Waals surface area contributed by atoms with Gasteiger partial charge >= 0.3 is 6.03 Å². The standard InChI is InChI=1S/C22H31N3O3/c26-22(23-13-6-16-27-18-7-2-1-3-8-18)25-14-11-17(12-15-25)21-24-19-9-4-5-10-20(19)28-21/h4-5,9-10,17-18H,1-3,6-8,11-16H2,(H,23,26). The Morgan fingerprint density at radius 1 is 1.14 bits per heavy atom. The van der Waals surface area contributed by atoms with Gasteiger partial charge in [-0.3, -0.25) is 0 Å². The molecule has 0 bridgehead atoms. The second kappa shape index (κ2) is 9.41. The van der Waals surface area contributed by atoms with E-state index in [-0.39, 0.29) is 6.03 Å². The SMILES string of the molecule is O=C(NCCCOC1CCCCC1)N1CCC(c2nc3ccccc3o2)CC1. The molecular formula is C22H31N3O3. The van der Waals surface area contributed by atoms with Gasteiger partial charge in [-0.2, -0.15) is 0 Å². The minimum absolute atomic E-state index is 0.0358. The van der Waals surface area contributed by atoms with E-state index < -0.39 is 0 Å². The van der Waals surface area contributed by atoms with E-state index in [1.807, 2.05) is 29.2 Å². The number of piperidine rings is 1. The number of nitrogens with zero attached hydrogens (tertiary/aromatic N) is 2. The average Bonchev–Trinajstić information content (AvgIpc) is 3.18. The third-order valence-corrected chi connectivity index (χ3v) is 5.94. The summed E-state index contributed by atoms with van der Waals surface area (Å²) >= 11 is 0. The molecule has 0 radical (unpaired) electrons. The number of hydrogen-bond acceptors (Lipinski definition) is 4. The van der Waals surface area contributed by atoms with Crippen LogP contribution in [0.25, 0.3) is 11.1 Å². The molecule has 2 heterocycles. The number of amides is 2. The van der Waals surface area contributed by atoms with Gasteiger partial charge in [0.05, 0.1) is 6.10 Å². The smallest absolute Gasteiger partial charge is 0.317 e. The molecule has 2 aliphatic rings. The first-order valence-corrected chi connectivity index (χ1v) is 10.8. The minimum atomic E-state index is 0.0358. The fourth-order valence-corrected chi connectivity index (χ4v) is 4.26. The molecule has 1 aliphatic heterocycles. The highest BCUT2D eigenvalue weighted by Gasteiger charge is 2.26. The molecule has 1 saturated heterocycles. The summed E-state index contributed by atoms with van der Waals surface area (Å²) < 4.78 is 11.8. The molecule has 28 heavy (non-hydrogen) atoms. The number of likely N-dealkylation sites (tertiary alicyclic amines) is 1. The van der Waals surface area contributed by atoms with Crippen molar-refractivity contribution in [3.63, 3.8) is 0 Å². The van der Waals surface area contributed by atoms with E-state index in [4.69, 9.17) is 9.15 Å². The lowest BCUT2D eigenvalue weighted by atomic mass is 9.97. The van der Waals surface area contributed by atoms with Crippen molar-refractivity contribution in [2.45, 2.75) is 63.4 Å². The summed E-state index contributed by atoms with van der Waals surface area (Å²) in [6.45, 7) is 2.91. The molecule has 2 amide bonds. The summed E-state index contributed by atoms with van der Waals surface area (Å²) in [6.07, 6.45) is 9.43. The van der Waals surface area contributed by atoms with Gasteiger partial charge in [0.1, 0.15) is 5.52 Å². The average molecular weight is 386 g/mol. The predicted molar refractivity (Wildman–Crippen MR) is 108 cm³/mol. The summed E-state index contributed by atoms with van der Waals surface area (Å²) in [4.78, 5) is 18.9. The zero-order valence-electron chi connectivity index (χ0n) is 16.6. The van der Waals surface area contributed by atoms with E-state index >= 15 is 0 Å². The van der Waals surface area contributed by atoms with Gasteiger partial charge in [-0.15, -0.1) is 0 Å². The normalized spacial score (nSPS) is 19.2. The van der Waals surface area contributed by atoms with Crippen molar-refractivity contribution in [1.29, 1.82) is 0 Å². The maximum absolute atomic E-state index is 12.4. The van der Waals surface area contributed by atoms with Gasteiger partial charge in [-0.25, -0.2) is 9.78 Å². The van der Waals surface area contributed by atoms with Crippen LogP contribution in [-0.2, 0) is 4.74 Å². The number of para-hydroxylation sites is 2. The van der Waals surface area contributed by atoms with Crippen LogP contribution in [0.15, 0.2) is 28.7 Å². The lowest BCUT2D eigenvalue weighted by molar-refractivity contribution is 0.0274. The van der Waals surface area contributed by atoms with Gasteiger partial charge in [0.15, 0.2) is 11.5 Å². The van der Waals surface area contributed by atoms with E-state index in [2.05, 4.69) is 10.3 Å². The highest BCUT2D eigenvalue weighted by Crippen LogP contribution is 2.29. The first-order valence-electron chi connectivity index (χ1n) is 10.8. The maximum atomic E-state index is 12.4. The van der Waals surface area contributed by atoms with Gasteiger partial charge in [-0.1, -0.05) is 31.4 Å². The van der Waals surface area contributed by atoms with Crippen molar-refractivity contribution < 1.29 is 13.9 Å². The van der Waals surface area contributed by atoms with E-state index in [0.717, 1.165) is 55.9 Å². The van der Waals surface area contributed by atoms with Crippen LogP contribution >= 0.6 is 0 Å². The number of hydrogen-bond donors (Lipinski definition) is 1. The number of fused-ring (bicyclic) bond motifs is 1. The fourth-order valence-electron chi connectivity index (χ4n) is 4.26. The van der Waals surface area contributed by atoms with Crippen LogP contribution < -0.4 is 5.32 Å². The molecule has 1 aliphatic carbocycles. The first kappa shape index (κ1) is 19.2. The minimum Gasteiger partial charge on any atom is -0.440 e. The number of benzene rings is 1. The van der Waals surface area contributed by atoms with E-state index in [9.17, 15) is 4.79 Å². The molecule has 1 aromatic carbocycles. The number of aromatic nitrogens is 1. The molecule has 4 rings (SSSR count). The van der Waals surface area contributed by atoms with Crippen LogP contribution in [0.1, 0.15) is 63.2 Å². The number of rotatable bonds is 6. The Hall–Kier alpha value is -2.08. The second-order valence-electron chi connectivity index (χ2n) is 8.00. The highest BCUT2D eigenvalue weighted by atomic mass is 16.5. The Kier molecular flexibility index (Phi) is 6.47. The summed E-state index contributed by atoms with van der Waals surface area (Å²) in [6, 6.07) is 7.90. The lowest BCUT2D eigenvalue weighted by Gasteiger charge is -2.30. The molecule has 0 atom stereocenters. The summed E-state index contributed by atoms with van der Waals surface area (Å²) in [5.74, 6) is 1.10. The molecule has 1 N–H and O–H groups in total. The van der Waals surface area contributed by atoms with Crippen LogP contribution in [0, 0.1) is 0 Å². The molecule has 0 spiro atoms. The quantitative estimate of drug-likeness (QED) is 0.746. The number of carbonyl (C=O) groups is 1. The molecule has 1 aromatic heterocycles. The van der Waals surface area contributed by atoms with Gasteiger partial charge < -0.3 is 19.4 Å². The number of ether oxygens (including phenoxy) is 1. The van der Waals surface area contributed by atoms with E-state index in [0.29, 0.717) is 18.6 Å². The topological polar surface area (TPSA) is 67.6 Å². The van der Waals surface area contributed by atoms with Crippen LogP contribution in [0.3, 0.4) is 0 Å². The van der Waals surface area contributed by atoms with Crippen molar-refractivity contribution in [3.8, 4) is 0 Å². The van der Waals surface area contributed by atoms with Crippen molar-refractivity contribution in [1.82, 2.24) is 15.2 Å². The first-order chi connectivity index (χ1) is 13.8. The third kappa shape index (κ3) is 4.85. The molecule has 152 valence electrons. The largest absolute Gasteiger partial charge is 0.440 e. The van der Waals surface area contributed by atoms with Gasteiger partial charge in [-0.05, 0) is 44.2 Å². The molecular weight excluding hydrogens is 354 g/mol. The Balaban J connectivity index is 1.15. The highest BCUT2D eigenvalue weighted by molar-refractivity contribution is 5.74. The lowest BCUT2D eigenvalue weighted by Crippen LogP contribution is -2.44. The van der Waals surface area contributed by atoms with Crippen LogP contribution in [0.2, 0.25) is 0 Å². The number of urea groups is 1. The van der Waals surface area contributed by atoms with Gasteiger partial charge in [0, 0.05) is 32.2 Å². The molecule has 2 fully saturated rings. The van der Waals surface area contributed by atoms with Crippen molar-refractivity contribution in [2.75, 3.05) is 26.2 Å². The predicted octanol–water partition coefficient (Wildman–Crippen LogP) is 4.46. The van der Waals surface area contributed by atoms with Crippen molar-refractivity contribution in [3.05, 3.63) is 30.2 Å². The van der Waals surface area contributed by atoms with E-state index in [1.165, 1.54) is 32.1 Å². The summed E-state index contributed by atoms with van der Waals surface area (Å²) in [5.41, 5.74) is 1.75. The van der Waals surface area contributed by atoms with Gasteiger partial charge in [0.2, 0.25) is 0 Å². The molecule has 2 aromatic rings. The fraction of sp³-hybridized carbons (Fsp3) is 0.636. The van der Waals surface area contributed by atoms with Crippen molar-refractivity contribution in [2.24, 2.45) is 0 Å². The molecule has 0 unspecified atom stereocenters. The third-order valence-electron chi connectivity index (χ3n) is 5.94. The Bertz CT molecular complexity index is 728. The van der Waals surface area contributed by atoms with E-state index in [1.54, 1.807) is 0 Å². The summed E-state index contributed by atoms with van der Waals surface area (Å²) in [5, 5.41) is 3.03. The second-order valence-corrected chi connectivity index (χ2v) is 8.00. The van der Waals surface area contributed by atoms with Crippen molar-refractivity contribution >= 4 is 17.1 Å². The molecule has 1 saturated carbocycles. The number of carbonyl (C=O) groups excluding carboxylic acids is 1. The summed E-state index contributed by atoms with van der Waals surface area (Å²) in [7, 11) is 0. The number of oxazole rings is 1. The van der Waals surface area contributed by atoms with Gasteiger partial charge in [0.25, 0.3) is 0 Å². The maximum Gasteiger partial charge on any atom is 0.317 e. The molecule has 6 nitrogen and oxygen atoms in total. The Morgan fingerprint density at radius 2 is 1.93 bits per heavy atom. The zero-order valence-corrected chi connectivity index (χ0v) is 16.6. The van der Waals surface area contributed by atoms with Crippen LogP contribution in [0.5, 0.6) is 0 Å². The zero-order chi connectivity index (χ0) is 19.2. The van der Waals surface area contributed by atoms with Crippen LogP contribution in [0.4, 0.5) is 4.79 Å². The van der Waals surface area contributed by atoms with Crippen LogP contribution in [-0.4, -0.2) is 48.3 Å². The number of nitrogens with one attached hydrogen (secondary N) is 1. The molecule has 6 heteroatoms. The monoisotopic (exact) mass is 385 g/mol. The Morgan fingerprint density at radius 3 is 2.71 bits per heavy atom. The Labute approximate surface area is 166 Å².